The van der Waals surface area contributed by atoms with Gasteiger partial charge < -0.3 is 20.4 Å². The van der Waals surface area contributed by atoms with Crippen LogP contribution >= 0.6 is 0 Å². The second kappa shape index (κ2) is 9.62. The molecule has 0 radical (unpaired) electrons. The molecule has 158 valence electrons. The Labute approximate surface area is 173 Å². The van der Waals surface area contributed by atoms with E-state index >= 15 is 0 Å². The lowest BCUT2D eigenvalue weighted by atomic mass is 9.74. The molecule has 0 saturated carbocycles. The number of carbonyl (C=O) groups excluding carboxylic acids is 1. The van der Waals surface area contributed by atoms with Gasteiger partial charge in [0.2, 0.25) is 0 Å². The third-order valence-corrected chi connectivity index (χ3v) is 5.79. The number of amides is 2. The Balaban J connectivity index is 1.78. The quantitative estimate of drug-likeness (QED) is 0.677. The summed E-state index contributed by atoms with van der Waals surface area (Å²) in [6.07, 6.45) is 1.36. The number of urea groups is 1. The number of fused-ring (bicyclic) bond motifs is 1. The lowest BCUT2D eigenvalue weighted by Gasteiger charge is -2.57. The van der Waals surface area contributed by atoms with E-state index in [0.717, 1.165) is 37.1 Å². The zero-order valence-electron chi connectivity index (χ0n) is 17.6. The molecule has 0 unspecified atom stereocenters. The molecular weight excluding hydrogens is 366 g/mol. The van der Waals surface area contributed by atoms with Gasteiger partial charge in [-0.2, -0.15) is 0 Å². The summed E-state index contributed by atoms with van der Waals surface area (Å²) in [5.41, 5.74) is 2.03. The molecule has 4 atom stereocenters. The molecule has 2 heterocycles. The van der Waals surface area contributed by atoms with Crippen LogP contribution in [0.5, 0.6) is 0 Å². The highest BCUT2D eigenvalue weighted by atomic mass is 16.3. The molecule has 3 N–H and O–H groups in total. The largest absolute Gasteiger partial charge is 0.395 e. The van der Waals surface area contributed by atoms with Crippen molar-refractivity contribution in [2.24, 2.45) is 0 Å². The molecule has 1 aromatic carbocycles. The van der Waals surface area contributed by atoms with Crippen molar-refractivity contribution >= 4 is 6.03 Å². The number of nitrogens with zero attached hydrogens (tertiary/aromatic N) is 2. The van der Waals surface area contributed by atoms with Crippen LogP contribution in [-0.2, 0) is 0 Å². The number of rotatable bonds is 3. The van der Waals surface area contributed by atoms with Crippen molar-refractivity contribution in [1.29, 1.82) is 0 Å². The Morgan fingerprint density at radius 2 is 1.90 bits per heavy atom. The summed E-state index contributed by atoms with van der Waals surface area (Å²) in [4.78, 5) is 16.9. The summed E-state index contributed by atoms with van der Waals surface area (Å²) < 4.78 is 0. The second-order valence-electron chi connectivity index (χ2n) is 8.41. The van der Waals surface area contributed by atoms with Gasteiger partial charge in [-0.05, 0) is 57.9 Å². The van der Waals surface area contributed by atoms with Crippen molar-refractivity contribution in [1.82, 2.24) is 15.1 Å². The Morgan fingerprint density at radius 1 is 1.21 bits per heavy atom. The summed E-state index contributed by atoms with van der Waals surface area (Å²) in [6.45, 7) is 8.11. The number of nitrogens with one attached hydrogen (secondary N) is 1. The van der Waals surface area contributed by atoms with Crippen LogP contribution in [0.25, 0.3) is 0 Å². The van der Waals surface area contributed by atoms with Crippen LogP contribution in [0.1, 0.15) is 50.7 Å². The number of benzene rings is 1. The van der Waals surface area contributed by atoms with Gasteiger partial charge in [-0.3, -0.25) is 4.90 Å². The number of hydrogen-bond donors (Lipinski definition) is 3. The molecule has 3 rings (SSSR count). The molecule has 1 aromatic rings. The minimum absolute atomic E-state index is 0.00297. The van der Waals surface area contributed by atoms with Gasteiger partial charge in [0, 0.05) is 42.7 Å². The standard InChI is InChI=1S/C23H33N3O3/c1-16(2)24-23(29)25-12-4-5-13-26-20(14-25)22(21(26)15-27)19-10-8-18(9-11-19)7-6-17(3)28/h8-11,16-17,20-22,27-28H,4-5,12-15H2,1-3H3,(H,24,29)/t17-,20+,21+,22-/m0/s1. The predicted octanol–water partition coefficient (Wildman–Crippen LogP) is 1.76. The van der Waals surface area contributed by atoms with Crippen molar-refractivity contribution in [3.8, 4) is 11.8 Å². The fourth-order valence-electron chi connectivity index (χ4n) is 4.44. The van der Waals surface area contributed by atoms with E-state index in [1.54, 1.807) is 6.92 Å². The van der Waals surface area contributed by atoms with Crippen LogP contribution < -0.4 is 5.32 Å². The van der Waals surface area contributed by atoms with Crippen molar-refractivity contribution in [3.05, 3.63) is 35.4 Å². The molecule has 2 saturated heterocycles. The van der Waals surface area contributed by atoms with Crippen LogP contribution in [0, 0.1) is 11.8 Å². The topological polar surface area (TPSA) is 76.0 Å². The normalized spacial score (nSPS) is 25.7. The predicted molar refractivity (Wildman–Crippen MR) is 114 cm³/mol. The Morgan fingerprint density at radius 3 is 2.52 bits per heavy atom. The molecule has 29 heavy (non-hydrogen) atoms. The van der Waals surface area contributed by atoms with Crippen molar-refractivity contribution in [2.45, 2.75) is 63.8 Å². The minimum Gasteiger partial charge on any atom is -0.395 e. The first kappa shape index (κ1) is 21.6. The van der Waals surface area contributed by atoms with E-state index in [-0.39, 0.29) is 36.7 Å². The van der Waals surface area contributed by atoms with Gasteiger partial charge in [0.1, 0.15) is 6.10 Å². The highest BCUT2D eigenvalue weighted by Crippen LogP contribution is 2.41. The van der Waals surface area contributed by atoms with Crippen LogP contribution in [0.2, 0.25) is 0 Å². The molecule has 0 aromatic heterocycles. The summed E-state index contributed by atoms with van der Waals surface area (Å²) in [5, 5.41) is 22.4. The second-order valence-corrected chi connectivity index (χ2v) is 8.41. The van der Waals surface area contributed by atoms with Gasteiger partial charge in [0.25, 0.3) is 0 Å². The first-order valence-electron chi connectivity index (χ1n) is 10.6. The number of hydrogen-bond acceptors (Lipinski definition) is 4. The van der Waals surface area contributed by atoms with Crippen LogP contribution in [0.4, 0.5) is 4.79 Å². The number of aliphatic hydroxyl groups is 2. The first-order chi connectivity index (χ1) is 13.9. The molecule has 2 aliphatic heterocycles. The van der Waals surface area contributed by atoms with E-state index in [1.165, 1.54) is 0 Å². The SMILES string of the molecule is CC(C)NC(=O)N1CCCCN2[C@H](CO)[C@@H](c3ccc(C#C[C@H](C)O)cc3)[C@H]2C1. The van der Waals surface area contributed by atoms with Gasteiger partial charge in [0.15, 0.2) is 0 Å². The van der Waals surface area contributed by atoms with Crippen LogP contribution in [0.3, 0.4) is 0 Å². The Kier molecular flexibility index (Phi) is 7.18. The van der Waals surface area contributed by atoms with Gasteiger partial charge >= 0.3 is 6.03 Å². The highest BCUT2D eigenvalue weighted by Gasteiger charge is 2.49. The summed E-state index contributed by atoms with van der Waals surface area (Å²) in [6, 6.07) is 8.46. The average molecular weight is 400 g/mol. The average Bonchev–Trinajstić information content (AvgIpc) is 2.65. The van der Waals surface area contributed by atoms with Crippen molar-refractivity contribution in [3.63, 3.8) is 0 Å². The number of carbonyl (C=O) groups is 1. The molecule has 6 heteroatoms. The molecule has 2 amide bonds. The van der Waals surface area contributed by atoms with E-state index in [4.69, 9.17) is 0 Å². The van der Waals surface area contributed by atoms with Gasteiger partial charge in [0.05, 0.1) is 6.61 Å². The molecular formula is C23H33N3O3. The lowest BCUT2D eigenvalue weighted by Crippen LogP contribution is -2.68. The maximum Gasteiger partial charge on any atom is 0.317 e. The molecule has 6 nitrogen and oxygen atoms in total. The first-order valence-corrected chi connectivity index (χ1v) is 10.6. The van der Waals surface area contributed by atoms with E-state index in [1.807, 2.05) is 30.9 Å². The molecule has 0 bridgehead atoms. The third-order valence-electron chi connectivity index (χ3n) is 5.79. The fourth-order valence-corrected chi connectivity index (χ4v) is 4.44. The maximum absolute atomic E-state index is 12.6. The van der Waals surface area contributed by atoms with Crippen molar-refractivity contribution < 1.29 is 15.0 Å². The smallest absolute Gasteiger partial charge is 0.317 e. The van der Waals surface area contributed by atoms with E-state index in [0.29, 0.717) is 6.54 Å². The van der Waals surface area contributed by atoms with Crippen LogP contribution in [-0.4, -0.2) is 76.5 Å². The van der Waals surface area contributed by atoms with E-state index < -0.39 is 6.10 Å². The van der Waals surface area contributed by atoms with Gasteiger partial charge in [-0.25, -0.2) is 4.79 Å². The lowest BCUT2D eigenvalue weighted by molar-refractivity contribution is -0.0591. The monoisotopic (exact) mass is 399 g/mol. The summed E-state index contributed by atoms with van der Waals surface area (Å²) in [7, 11) is 0. The summed E-state index contributed by atoms with van der Waals surface area (Å²) >= 11 is 0. The zero-order valence-corrected chi connectivity index (χ0v) is 17.6. The van der Waals surface area contributed by atoms with E-state index in [2.05, 4.69) is 34.2 Å². The van der Waals surface area contributed by atoms with Gasteiger partial charge in [-0.15, -0.1) is 0 Å². The highest BCUT2D eigenvalue weighted by molar-refractivity contribution is 5.74. The van der Waals surface area contributed by atoms with Gasteiger partial charge in [-0.1, -0.05) is 24.0 Å². The van der Waals surface area contributed by atoms with E-state index in [9.17, 15) is 15.0 Å². The van der Waals surface area contributed by atoms with Crippen LogP contribution in [0.15, 0.2) is 24.3 Å². The molecule has 0 spiro atoms. The molecule has 2 fully saturated rings. The zero-order chi connectivity index (χ0) is 21.0. The van der Waals surface area contributed by atoms with Crippen molar-refractivity contribution in [2.75, 3.05) is 26.2 Å². The molecule has 2 aliphatic rings. The summed E-state index contributed by atoms with van der Waals surface area (Å²) in [5.74, 6) is 5.91. The minimum atomic E-state index is -0.647. The third kappa shape index (κ3) is 5.11. The Hall–Kier alpha value is -2.07. The number of aliphatic hydroxyl groups excluding tert-OH is 2. The Bertz CT molecular complexity index is 751. The fraction of sp³-hybridized carbons (Fsp3) is 0.609. The molecule has 0 aliphatic carbocycles. The maximum atomic E-state index is 12.6.